The summed E-state index contributed by atoms with van der Waals surface area (Å²) >= 11 is 0. The topological polar surface area (TPSA) is 82.3 Å². The molecule has 0 atom stereocenters. The van der Waals surface area contributed by atoms with Crippen LogP contribution in [0.2, 0.25) is 0 Å². The highest BCUT2D eigenvalue weighted by molar-refractivity contribution is 6.10. The SMILES string of the molecule is CCCCc1cc2cc(C(=O)N(CC(=O)O)C(C)C)ccn2c1C(=O)c1ccc(CCCN(CC)CC)cc1. The van der Waals surface area contributed by atoms with Gasteiger partial charge in [0.1, 0.15) is 6.54 Å². The van der Waals surface area contributed by atoms with Gasteiger partial charge in [-0.3, -0.25) is 14.4 Å². The van der Waals surface area contributed by atoms with Gasteiger partial charge in [-0.2, -0.15) is 0 Å². The Labute approximate surface area is 232 Å². The zero-order valence-corrected chi connectivity index (χ0v) is 24.1. The molecule has 0 aliphatic rings. The average Bonchev–Trinajstić information content (AvgIpc) is 3.29. The number of benzene rings is 1. The van der Waals surface area contributed by atoms with Crippen LogP contribution in [0.1, 0.15) is 91.4 Å². The van der Waals surface area contributed by atoms with Crippen molar-refractivity contribution in [3.8, 4) is 0 Å². The van der Waals surface area contributed by atoms with E-state index < -0.39 is 5.97 Å². The first-order valence-electron chi connectivity index (χ1n) is 14.2. The quantitative estimate of drug-likeness (QED) is 0.253. The van der Waals surface area contributed by atoms with E-state index >= 15 is 0 Å². The van der Waals surface area contributed by atoms with Gasteiger partial charge in [0.15, 0.2) is 0 Å². The molecule has 0 bridgehead atoms. The molecule has 1 N–H and O–H groups in total. The largest absolute Gasteiger partial charge is 0.480 e. The molecule has 0 saturated carbocycles. The summed E-state index contributed by atoms with van der Waals surface area (Å²) < 4.78 is 1.86. The fourth-order valence-electron chi connectivity index (χ4n) is 4.99. The summed E-state index contributed by atoms with van der Waals surface area (Å²) in [5, 5.41) is 9.26. The first-order valence-corrected chi connectivity index (χ1v) is 14.2. The molecule has 1 amide bonds. The number of unbranched alkanes of at least 4 members (excludes halogenated alkanes) is 1. The Morgan fingerprint density at radius 2 is 1.59 bits per heavy atom. The minimum Gasteiger partial charge on any atom is -0.480 e. The molecule has 210 valence electrons. The van der Waals surface area contributed by atoms with Crippen LogP contribution in [0.3, 0.4) is 0 Å². The van der Waals surface area contributed by atoms with Crippen LogP contribution < -0.4 is 0 Å². The number of aromatic nitrogens is 1. The van der Waals surface area contributed by atoms with E-state index in [1.165, 1.54) is 10.5 Å². The number of carboxylic acids is 1. The Balaban J connectivity index is 1.89. The fourth-order valence-corrected chi connectivity index (χ4v) is 4.99. The third kappa shape index (κ3) is 7.57. The molecule has 1 aromatic carbocycles. The number of carboxylic acid groups (broad SMARTS) is 1. The summed E-state index contributed by atoms with van der Waals surface area (Å²) in [4.78, 5) is 42.0. The van der Waals surface area contributed by atoms with E-state index in [1.807, 2.05) is 22.6 Å². The third-order valence-corrected chi connectivity index (χ3v) is 7.35. The standard InChI is InChI=1S/C32H43N3O4/c1-6-9-12-26-20-28-21-27(32(39)35(23(4)5)22-29(36)37)17-19-34(28)30(26)31(38)25-15-13-24(14-16-25)11-10-18-33(7-2)8-3/h13-17,19-21,23H,6-12,18,22H2,1-5H3,(H,36,37). The number of aryl methyl sites for hydroxylation is 2. The van der Waals surface area contributed by atoms with Gasteiger partial charge in [-0.05, 0) is 88.5 Å². The minimum atomic E-state index is -1.05. The van der Waals surface area contributed by atoms with Gasteiger partial charge in [0.2, 0.25) is 5.78 Å². The van der Waals surface area contributed by atoms with E-state index in [-0.39, 0.29) is 24.3 Å². The Kier molecular flexibility index (Phi) is 10.9. The second-order valence-corrected chi connectivity index (χ2v) is 10.4. The Morgan fingerprint density at radius 1 is 0.897 bits per heavy atom. The van der Waals surface area contributed by atoms with E-state index in [0.29, 0.717) is 16.8 Å². The van der Waals surface area contributed by atoms with E-state index in [9.17, 15) is 19.5 Å². The lowest BCUT2D eigenvalue weighted by molar-refractivity contribution is -0.138. The molecule has 0 aliphatic heterocycles. The van der Waals surface area contributed by atoms with Crippen molar-refractivity contribution in [1.29, 1.82) is 0 Å². The maximum atomic E-state index is 13.8. The van der Waals surface area contributed by atoms with Crippen molar-refractivity contribution in [2.24, 2.45) is 0 Å². The number of fused-ring (bicyclic) bond motifs is 1. The van der Waals surface area contributed by atoms with Crippen LogP contribution in [0.5, 0.6) is 0 Å². The predicted octanol–water partition coefficient (Wildman–Crippen LogP) is 5.72. The number of nitrogens with zero attached hydrogens (tertiary/aromatic N) is 3. The number of hydrogen-bond acceptors (Lipinski definition) is 4. The van der Waals surface area contributed by atoms with Crippen molar-refractivity contribution < 1.29 is 19.5 Å². The van der Waals surface area contributed by atoms with Crippen molar-refractivity contribution in [2.75, 3.05) is 26.2 Å². The third-order valence-electron chi connectivity index (χ3n) is 7.35. The normalized spacial score (nSPS) is 11.5. The lowest BCUT2D eigenvalue weighted by Gasteiger charge is -2.25. The van der Waals surface area contributed by atoms with Crippen LogP contribution in [0, 0.1) is 0 Å². The van der Waals surface area contributed by atoms with Gasteiger partial charge in [-0.25, -0.2) is 0 Å². The van der Waals surface area contributed by atoms with Gasteiger partial charge >= 0.3 is 5.97 Å². The van der Waals surface area contributed by atoms with Gasteiger partial charge in [-0.15, -0.1) is 0 Å². The zero-order chi connectivity index (χ0) is 28.5. The number of ketones is 1. The van der Waals surface area contributed by atoms with Crippen LogP contribution in [-0.4, -0.2) is 69.2 Å². The first-order chi connectivity index (χ1) is 18.7. The van der Waals surface area contributed by atoms with Gasteiger partial charge < -0.3 is 19.3 Å². The summed E-state index contributed by atoms with van der Waals surface area (Å²) in [6.07, 6.45) is 6.54. The fraction of sp³-hybridized carbons (Fsp3) is 0.469. The molecule has 3 aromatic rings. The van der Waals surface area contributed by atoms with Gasteiger partial charge in [0.25, 0.3) is 5.91 Å². The van der Waals surface area contributed by atoms with Crippen molar-refractivity contribution in [2.45, 2.75) is 72.8 Å². The predicted molar refractivity (Wildman–Crippen MR) is 156 cm³/mol. The monoisotopic (exact) mass is 533 g/mol. The second kappa shape index (κ2) is 14.1. The molecule has 0 spiro atoms. The molecule has 7 nitrogen and oxygen atoms in total. The molecule has 0 radical (unpaired) electrons. The number of amides is 1. The van der Waals surface area contributed by atoms with Crippen molar-refractivity contribution in [3.05, 3.63) is 76.6 Å². The molecule has 39 heavy (non-hydrogen) atoms. The summed E-state index contributed by atoms with van der Waals surface area (Å²) in [5.41, 5.74) is 4.61. The van der Waals surface area contributed by atoms with Crippen LogP contribution in [0.4, 0.5) is 0 Å². The molecular formula is C32H43N3O4. The smallest absolute Gasteiger partial charge is 0.323 e. The van der Waals surface area contributed by atoms with Gasteiger partial charge in [0.05, 0.1) is 5.69 Å². The Hall–Kier alpha value is -3.45. The highest BCUT2D eigenvalue weighted by Gasteiger charge is 2.24. The summed E-state index contributed by atoms with van der Waals surface area (Å²) in [7, 11) is 0. The highest BCUT2D eigenvalue weighted by Crippen LogP contribution is 2.24. The summed E-state index contributed by atoms with van der Waals surface area (Å²) in [6, 6.07) is 13.1. The Morgan fingerprint density at radius 3 is 2.18 bits per heavy atom. The summed E-state index contributed by atoms with van der Waals surface area (Å²) in [6.45, 7) is 12.9. The van der Waals surface area contributed by atoms with Crippen LogP contribution in [-0.2, 0) is 17.6 Å². The average molecular weight is 534 g/mol. The number of hydrogen-bond donors (Lipinski definition) is 1. The zero-order valence-electron chi connectivity index (χ0n) is 24.1. The first kappa shape index (κ1) is 30.1. The van der Waals surface area contributed by atoms with Gasteiger partial charge in [0, 0.05) is 28.9 Å². The van der Waals surface area contributed by atoms with Crippen molar-refractivity contribution in [3.63, 3.8) is 0 Å². The van der Waals surface area contributed by atoms with Crippen molar-refractivity contribution in [1.82, 2.24) is 14.2 Å². The number of pyridine rings is 1. The maximum absolute atomic E-state index is 13.8. The van der Waals surface area contributed by atoms with E-state index in [4.69, 9.17) is 0 Å². The number of carbonyl (C=O) groups is 3. The van der Waals surface area contributed by atoms with Crippen LogP contribution in [0.25, 0.3) is 5.52 Å². The molecule has 0 saturated heterocycles. The van der Waals surface area contributed by atoms with E-state index in [2.05, 4.69) is 37.8 Å². The molecule has 2 heterocycles. The molecule has 0 unspecified atom stereocenters. The number of rotatable bonds is 15. The molecule has 2 aromatic heterocycles. The minimum absolute atomic E-state index is 0.0374. The number of carbonyl (C=O) groups excluding carboxylic acids is 2. The molecule has 0 aliphatic carbocycles. The lowest BCUT2D eigenvalue weighted by Crippen LogP contribution is -2.40. The van der Waals surface area contributed by atoms with Gasteiger partial charge in [-0.1, -0.05) is 51.5 Å². The maximum Gasteiger partial charge on any atom is 0.323 e. The summed E-state index contributed by atoms with van der Waals surface area (Å²) in [5.74, 6) is -1.43. The van der Waals surface area contributed by atoms with Crippen LogP contribution >= 0.6 is 0 Å². The van der Waals surface area contributed by atoms with Crippen LogP contribution in [0.15, 0.2) is 48.7 Å². The Bertz CT molecular complexity index is 1270. The second-order valence-electron chi connectivity index (χ2n) is 10.4. The molecule has 7 heteroatoms. The molecule has 0 fully saturated rings. The van der Waals surface area contributed by atoms with Crippen molar-refractivity contribution >= 4 is 23.2 Å². The number of aliphatic carboxylic acids is 1. The molecule has 3 rings (SSSR count). The van der Waals surface area contributed by atoms with E-state index in [1.54, 1.807) is 32.2 Å². The lowest BCUT2D eigenvalue weighted by atomic mass is 10.00. The highest BCUT2D eigenvalue weighted by atomic mass is 16.4. The van der Waals surface area contributed by atoms with E-state index in [0.717, 1.165) is 62.8 Å². The molecular weight excluding hydrogens is 490 g/mol.